The van der Waals surface area contributed by atoms with Crippen molar-refractivity contribution in [3.63, 3.8) is 0 Å². The number of ether oxygens (including phenoxy) is 2. The van der Waals surface area contributed by atoms with Gasteiger partial charge in [0.1, 0.15) is 13.2 Å². The number of amides is 2. The Hall–Kier alpha value is -2.83. The molecule has 3 unspecified atom stereocenters. The molecule has 1 aliphatic carbocycles. The number of carbonyl (C=O) groups is 3. The van der Waals surface area contributed by atoms with Crippen LogP contribution in [0.2, 0.25) is 0 Å². The minimum atomic E-state index is -0.376. The smallest absolute Gasteiger partial charge is 0.410 e. The molecule has 2 amide bonds. The van der Waals surface area contributed by atoms with Gasteiger partial charge >= 0.3 is 12.1 Å². The van der Waals surface area contributed by atoms with Crippen LogP contribution in [-0.2, 0) is 25.7 Å². The van der Waals surface area contributed by atoms with Gasteiger partial charge in [0.05, 0.1) is 5.70 Å². The van der Waals surface area contributed by atoms with Crippen LogP contribution in [0.5, 0.6) is 0 Å². The SMILES string of the molecule is O=C1C=C(N2CC(C3C4CN(C(=O)OCc5ccccc5)CC43)CC2=O)CO1. The second-order valence-corrected chi connectivity index (χ2v) is 8.06. The van der Waals surface area contributed by atoms with Crippen molar-refractivity contribution in [2.75, 3.05) is 26.2 Å². The molecule has 3 atom stereocenters. The summed E-state index contributed by atoms with van der Waals surface area (Å²) in [5.41, 5.74) is 1.65. The van der Waals surface area contributed by atoms with Crippen molar-refractivity contribution in [1.82, 2.24) is 9.80 Å². The third-order valence-electron chi connectivity index (χ3n) is 6.42. The number of nitrogens with zero attached hydrogens (tertiary/aromatic N) is 2. The molecule has 4 aliphatic rings. The first-order valence-corrected chi connectivity index (χ1v) is 9.73. The molecule has 7 heteroatoms. The summed E-state index contributed by atoms with van der Waals surface area (Å²) in [4.78, 5) is 39.4. The summed E-state index contributed by atoms with van der Waals surface area (Å²) in [6, 6.07) is 9.66. The molecular weight excluding hydrogens is 360 g/mol. The average molecular weight is 382 g/mol. The van der Waals surface area contributed by atoms with E-state index in [1.807, 2.05) is 30.3 Å². The highest BCUT2D eigenvalue weighted by Gasteiger charge is 2.61. The molecule has 7 nitrogen and oxygen atoms in total. The summed E-state index contributed by atoms with van der Waals surface area (Å²) in [5.74, 6) is 1.38. The van der Waals surface area contributed by atoms with E-state index in [1.165, 1.54) is 6.08 Å². The Balaban J connectivity index is 1.12. The predicted octanol–water partition coefficient (Wildman–Crippen LogP) is 1.79. The van der Waals surface area contributed by atoms with Crippen molar-refractivity contribution in [2.45, 2.75) is 13.0 Å². The Morgan fingerprint density at radius 1 is 1.11 bits per heavy atom. The van der Waals surface area contributed by atoms with Crippen LogP contribution in [0.15, 0.2) is 42.1 Å². The molecule has 2 saturated heterocycles. The van der Waals surface area contributed by atoms with E-state index in [9.17, 15) is 14.4 Å². The topological polar surface area (TPSA) is 76.2 Å². The van der Waals surface area contributed by atoms with Crippen LogP contribution in [0.1, 0.15) is 12.0 Å². The molecule has 1 aromatic carbocycles. The fourth-order valence-corrected chi connectivity index (χ4v) is 5.02. The zero-order chi connectivity index (χ0) is 19.3. The van der Waals surface area contributed by atoms with Gasteiger partial charge in [-0.1, -0.05) is 30.3 Å². The summed E-state index contributed by atoms with van der Waals surface area (Å²) in [5, 5.41) is 0. The van der Waals surface area contributed by atoms with Gasteiger partial charge in [0.15, 0.2) is 0 Å². The van der Waals surface area contributed by atoms with Gasteiger partial charge in [-0.05, 0) is 29.2 Å². The van der Waals surface area contributed by atoms with Crippen LogP contribution < -0.4 is 0 Å². The van der Waals surface area contributed by atoms with Gasteiger partial charge in [-0.2, -0.15) is 0 Å². The molecule has 146 valence electrons. The number of esters is 1. The monoisotopic (exact) mass is 382 g/mol. The number of fused-ring (bicyclic) bond motifs is 1. The van der Waals surface area contributed by atoms with Crippen molar-refractivity contribution >= 4 is 18.0 Å². The Morgan fingerprint density at radius 3 is 2.54 bits per heavy atom. The van der Waals surface area contributed by atoms with Crippen molar-refractivity contribution in [3.8, 4) is 0 Å². The van der Waals surface area contributed by atoms with Crippen molar-refractivity contribution in [3.05, 3.63) is 47.7 Å². The lowest BCUT2D eigenvalue weighted by Gasteiger charge is -2.21. The summed E-state index contributed by atoms with van der Waals surface area (Å²) in [7, 11) is 0. The van der Waals surface area contributed by atoms with Crippen molar-refractivity contribution < 1.29 is 23.9 Å². The number of likely N-dealkylation sites (tertiary alicyclic amines) is 2. The number of hydrogen-bond donors (Lipinski definition) is 0. The molecule has 1 aromatic rings. The third-order valence-corrected chi connectivity index (χ3v) is 6.42. The molecule has 3 heterocycles. The number of hydrogen-bond acceptors (Lipinski definition) is 5. The second-order valence-electron chi connectivity index (χ2n) is 8.06. The lowest BCUT2D eigenvalue weighted by atomic mass is 9.99. The number of carbonyl (C=O) groups excluding carboxylic acids is 3. The molecule has 1 saturated carbocycles. The van der Waals surface area contributed by atoms with Gasteiger partial charge < -0.3 is 19.3 Å². The third kappa shape index (κ3) is 3.04. The number of rotatable bonds is 4. The summed E-state index contributed by atoms with van der Waals surface area (Å²) in [6.07, 6.45) is 1.67. The molecule has 3 aliphatic heterocycles. The molecule has 0 aromatic heterocycles. The standard InChI is InChI=1S/C21H22N2O5/c24-18-6-14(8-23(18)15-7-19(25)27-12-15)20-16-9-22(10-17(16)20)21(26)28-11-13-4-2-1-3-5-13/h1-5,7,14,16-17,20H,6,8-12H2. The number of piperidine rings is 1. The Bertz CT molecular complexity index is 840. The fraction of sp³-hybridized carbons (Fsp3) is 0.476. The lowest BCUT2D eigenvalue weighted by molar-refractivity contribution is -0.135. The zero-order valence-electron chi connectivity index (χ0n) is 15.5. The fourth-order valence-electron chi connectivity index (χ4n) is 5.02. The highest BCUT2D eigenvalue weighted by Crippen LogP contribution is 2.57. The van der Waals surface area contributed by atoms with Crippen molar-refractivity contribution in [2.24, 2.45) is 23.7 Å². The Kier molecular flexibility index (Phi) is 4.10. The first kappa shape index (κ1) is 17.3. The first-order valence-electron chi connectivity index (χ1n) is 9.73. The van der Waals surface area contributed by atoms with Gasteiger partial charge in [0, 0.05) is 32.1 Å². The number of cyclic esters (lactones) is 1. The minimum Gasteiger partial charge on any atom is -0.456 e. The van der Waals surface area contributed by atoms with E-state index in [0.717, 1.165) is 5.56 Å². The molecule has 5 rings (SSSR count). The van der Waals surface area contributed by atoms with E-state index < -0.39 is 0 Å². The second kappa shape index (κ2) is 6.65. The van der Waals surface area contributed by atoms with Gasteiger partial charge in [-0.15, -0.1) is 0 Å². The maximum Gasteiger partial charge on any atom is 0.410 e. The van der Waals surface area contributed by atoms with Crippen LogP contribution in [0.3, 0.4) is 0 Å². The molecule has 0 radical (unpaired) electrons. The van der Waals surface area contributed by atoms with Crippen LogP contribution >= 0.6 is 0 Å². The van der Waals surface area contributed by atoms with Crippen molar-refractivity contribution in [1.29, 1.82) is 0 Å². The van der Waals surface area contributed by atoms with E-state index >= 15 is 0 Å². The first-order chi connectivity index (χ1) is 13.6. The van der Waals surface area contributed by atoms with Gasteiger partial charge in [0.25, 0.3) is 0 Å². The van der Waals surface area contributed by atoms with E-state index in [4.69, 9.17) is 9.47 Å². The van der Waals surface area contributed by atoms with Gasteiger partial charge in [-0.3, -0.25) is 4.79 Å². The van der Waals surface area contributed by atoms with E-state index in [2.05, 4.69) is 0 Å². The molecule has 3 fully saturated rings. The Morgan fingerprint density at radius 2 is 1.86 bits per heavy atom. The van der Waals surface area contributed by atoms with Gasteiger partial charge in [0.2, 0.25) is 5.91 Å². The van der Waals surface area contributed by atoms with Crippen LogP contribution in [0, 0.1) is 23.7 Å². The zero-order valence-corrected chi connectivity index (χ0v) is 15.5. The van der Waals surface area contributed by atoms with Crippen LogP contribution in [0.4, 0.5) is 4.79 Å². The maximum atomic E-state index is 12.4. The quantitative estimate of drug-likeness (QED) is 0.742. The summed E-state index contributed by atoms with van der Waals surface area (Å²) in [6.45, 7) is 2.54. The molecule has 28 heavy (non-hydrogen) atoms. The molecular formula is C21H22N2O5. The van der Waals surface area contributed by atoms with Crippen LogP contribution in [-0.4, -0.2) is 54.0 Å². The van der Waals surface area contributed by atoms with E-state index in [1.54, 1.807) is 9.80 Å². The highest BCUT2D eigenvalue weighted by molar-refractivity contribution is 5.88. The predicted molar refractivity (Wildman–Crippen MR) is 97.5 cm³/mol. The molecule has 0 bridgehead atoms. The van der Waals surface area contributed by atoms with E-state index in [-0.39, 0.29) is 31.2 Å². The van der Waals surface area contributed by atoms with Gasteiger partial charge in [-0.25, -0.2) is 9.59 Å². The summed E-state index contributed by atoms with van der Waals surface area (Å²) < 4.78 is 10.3. The Labute approximate surface area is 162 Å². The van der Waals surface area contributed by atoms with E-state index in [0.29, 0.717) is 55.4 Å². The minimum absolute atomic E-state index is 0.0682. The molecule has 0 N–H and O–H groups in total. The number of benzene rings is 1. The van der Waals surface area contributed by atoms with Crippen LogP contribution in [0.25, 0.3) is 0 Å². The molecule has 0 spiro atoms. The maximum absolute atomic E-state index is 12.4. The largest absolute Gasteiger partial charge is 0.456 e. The normalized spacial score (nSPS) is 30.9. The average Bonchev–Trinajstić information content (AvgIpc) is 3.10. The highest BCUT2D eigenvalue weighted by atomic mass is 16.6. The summed E-state index contributed by atoms with van der Waals surface area (Å²) >= 11 is 0. The lowest BCUT2D eigenvalue weighted by Crippen LogP contribution is -2.33.